The van der Waals surface area contributed by atoms with E-state index in [4.69, 9.17) is 9.47 Å². The molecule has 0 aromatic carbocycles. The van der Waals surface area contributed by atoms with Gasteiger partial charge in [0.1, 0.15) is 0 Å². The summed E-state index contributed by atoms with van der Waals surface area (Å²) in [5.74, 6) is 0. The van der Waals surface area contributed by atoms with Crippen molar-refractivity contribution in [1.29, 1.82) is 0 Å². The molecule has 1 aliphatic rings. The highest BCUT2D eigenvalue weighted by Gasteiger charge is 2.12. The normalized spacial score (nSPS) is 23.0. The fourth-order valence-corrected chi connectivity index (χ4v) is 0.556. The van der Waals surface area contributed by atoms with Gasteiger partial charge in [0.25, 0.3) is 6.29 Å². The van der Waals surface area contributed by atoms with Crippen LogP contribution in [0.4, 0.5) is 0 Å². The van der Waals surface area contributed by atoms with Gasteiger partial charge in [-0.3, -0.25) is 4.79 Å². The summed E-state index contributed by atoms with van der Waals surface area (Å²) in [6.07, 6.45) is 1.76. The lowest BCUT2D eigenvalue weighted by Gasteiger charge is -2.16. The molecule has 1 heterocycles. The molecule has 1 aliphatic heterocycles. The van der Waals surface area contributed by atoms with Crippen LogP contribution in [0.25, 0.3) is 0 Å². The van der Waals surface area contributed by atoms with Crippen LogP contribution in [0.1, 0.15) is 6.42 Å². The van der Waals surface area contributed by atoms with Crippen molar-refractivity contribution in [2.24, 2.45) is 0 Å². The summed E-state index contributed by atoms with van der Waals surface area (Å²) >= 11 is 0. The molecule has 0 spiro atoms. The minimum Gasteiger partial charge on any atom is -0.346 e. The maximum Gasteiger partial charge on any atom is 0.259 e. The van der Waals surface area contributed by atoms with Crippen molar-refractivity contribution in [2.45, 2.75) is 12.7 Å². The zero-order valence-electron chi connectivity index (χ0n) is 4.42. The van der Waals surface area contributed by atoms with Crippen molar-refractivity contribution in [3.05, 3.63) is 0 Å². The first-order valence-corrected chi connectivity index (χ1v) is 2.54. The van der Waals surface area contributed by atoms with Crippen LogP contribution in [0.5, 0.6) is 0 Å². The van der Waals surface area contributed by atoms with E-state index in [1.54, 1.807) is 6.29 Å². The van der Waals surface area contributed by atoms with Gasteiger partial charge in [-0.1, -0.05) is 0 Å². The molecule has 45 valence electrons. The van der Waals surface area contributed by atoms with Crippen LogP contribution >= 0.6 is 0 Å². The van der Waals surface area contributed by atoms with Gasteiger partial charge in [0.05, 0.1) is 13.2 Å². The van der Waals surface area contributed by atoms with Crippen molar-refractivity contribution in [3.63, 3.8) is 0 Å². The summed E-state index contributed by atoms with van der Waals surface area (Å²) < 4.78 is 9.56. The Labute approximate surface area is 47.6 Å². The number of hydrogen-bond acceptors (Lipinski definition) is 3. The lowest BCUT2D eigenvalue weighted by Crippen LogP contribution is -2.25. The Balaban J connectivity index is 2.22. The van der Waals surface area contributed by atoms with Gasteiger partial charge in [-0.15, -0.1) is 0 Å². The van der Waals surface area contributed by atoms with Gasteiger partial charge in [0.2, 0.25) is 6.29 Å². The second-order valence-corrected chi connectivity index (χ2v) is 1.54. The van der Waals surface area contributed by atoms with E-state index in [0.29, 0.717) is 13.2 Å². The van der Waals surface area contributed by atoms with Crippen molar-refractivity contribution in [2.75, 3.05) is 13.2 Å². The second kappa shape index (κ2) is 2.79. The van der Waals surface area contributed by atoms with Crippen molar-refractivity contribution in [1.82, 2.24) is 0 Å². The van der Waals surface area contributed by atoms with E-state index in [1.165, 1.54) is 0 Å². The second-order valence-electron chi connectivity index (χ2n) is 1.54. The maximum atomic E-state index is 9.78. The van der Waals surface area contributed by atoms with E-state index >= 15 is 0 Å². The Morgan fingerprint density at radius 3 is 2.38 bits per heavy atom. The average Bonchev–Trinajstić information content (AvgIpc) is 1.90. The zero-order valence-corrected chi connectivity index (χ0v) is 4.42. The van der Waals surface area contributed by atoms with E-state index in [2.05, 4.69) is 0 Å². The van der Waals surface area contributed by atoms with Crippen molar-refractivity contribution < 1.29 is 14.3 Å². The van der Waals surface area contributed by atoms with E-state index in [9.17, 15) is 4.79 Å². The molecule has 0 unspecified atom stereocenters. The summed E-state index contributed by atoms with van der Waals surface area (Å²) in [5.41, 5.74) is 0. The lowest BCUT2D eigenvalue weighted by molar-refractivity contribution is -0.137. The van der Waals surface area contributed by atoms with Crippen LogP contribution in [0.3, 0.4) is 0 Å². The number of hydrogen-bond donors (Lipinski definition) is 0. The molecule has 0 bridgehead atoms. The monoisotopic (exact) mass is 115 g/mol. The largest absolute Gasteiger partial charge is 0.346 e. The summed E-state index contributed by atoms with van der Waals surface area (Å²) in [4.78, 5) is 9.78. The fraction of sp³-hybridized carbons (Fsp3) is 0.800. The Hall–Kier alpha value is -0.410. The number of ether oxygens (including phenoxy) is 2. The molecular weight excluding hydrogens is 108 g/mol. The van der Waals surface area contributed by atoms with Crippen LogP contribution in [-0.2, 0) is 14.3 Å². The average molecular weight is 115 g/mol. The first-order valence-electron chi connectivity index (χ1n) is 2.54. The molecule has 3 nitrogen and oxygen atoms in total. The van der Waals surface area contributed by atoms with Gasteiger partial charge < -0.3 is 9.47 Å². The predicted molar refractivity (Wildman–Crippen MR) is 26.0 cm³/mol. The molecule has 0 atom stereocenters. The van der Waals surface area contributed by atoms with E-state index in [0.717, 1.165) is 6.42 Å². The van der Waals surface area contributed by atoms with Crippen molar-refractivity contribution >= 4 is 6.29 Å². The van der Waals surface area contributed by atoms with Crippen LogP contribution in [0, 0.1) is 0 Å². The highest BCUT2D eigenvalue weighted by molar-refractivity contribution is 5.54. The summed E-state index contributed by atoms with van der Waals surface area (Å²) in [6, 6.07) is 0. The summed E-state index contributed by atoms with van der Waals surface area (Å²) in [7, 11) is 0. The first-order chi connectivity index (χ1) is 3.93. The molecule has 0 saturated carbocycles. The Kier molecular flexibility index (Phi) is 2.00. The Morgan fingerprint density at radius 2 is 2.00 bits per heavy atom. The molecular formula is C5H7O3. The third kappa shape index (κ3) is 1.28. The Bertz CT molecular complexity index is 75.7. The van der Waals surface area contributed by atoms with E-state index in [-0.39, 0.29) is 0 Å². The molecule has 0 aliphatic carbocycles. The van der Waals surface area contributed by atoms with E-state index < -0.39 is 6.29 Å². The SMILES string of the molecule is O=[C]C1OCCCO1. The molecule has 1 saturated heterocycles. The predicted octanol–water partition coefficient (Wildman–Crippen LogP) is -0.141. The van der Waals surface area contributed by atoms with Gasteiger partial charge >= 0.3 is 0 Å². The van der Waals surface area contributed by atoms with Gasteiger partial charge in [-0.25, -0.2) is 0 Å². The standard InChI is InChI=1S/C5H7O3/c6-4-5-7-2-1-3-8-5/h5H,1-3H2. The summed E-state index contributed by atoms with van der Waals surface area (Å²) in [5, 5.41) is 0. The van der Waals surface area contributed by atoms with Crippen LogP contribution < -0.4 is 0 Å². The molecule has 1 rings (SSSR count). The molecule has 1 fully saturated rings. The smallest absolute Gasteiger partial charge is 0.259 e. The number of carbonyl (C=O) groups excluding carboxylic acids is 1. The molecule has 0 aromatic rings. The van der Waals surface area contributed by atoms with Gasteiger partial charge in [-0.2, -0.15) is 0 Å². The topological polar surface area (TPSA) is 35.5 Å². The molecule has 1 radical (unpaired) electrons. The highest BCUT2D eigenvalue weighted by atomic mass is 16.7. The zero-order chi connectivity index (χ0) is 5.82. The van der Waals surface area contributed by atoms with Crippen LogP contribution in [-0.4, -0.2) is 25.8 Å². The van der Waals surface area contributed by atoms with E-state index in [1.807, 2.05) is 0 Å². The fourth-order valence-electron chi connectivity index (χ4n) is 0.556. The molecule has 0 N–H and O–H groups in total. The molecule has 0 amide bonds. The first kappa shape index (κ1) is 5.72. The highest BCUT2D eigenvalue weighted by Crippen LogP contribution is 2.00. The van der Waals surface area contributed by atoms with Gasteiger partial charge in [0.15, 0.2) is 0 Å². The molecule has 0 aromatic heterocycles. The minimum atomic E-state index is -0.719. The lowest BCUT2D eigenvalue weighted by atomic mass is 10.4. The van der Waals surface area contributed by atoms with Crippen LogP contribution in [0.2, 0.25) is 0 Å². The third-order valence-corrected chi connectivity index (χ3v) is 0.923. The maximum absolute atomic E-state index is 9.78. The van der Waals surface area contributed by atoms with Crippen molar-refractivity contribution in [3.8, 4) is 0 Å². The number of rotatable bonds is 1. The van der Waals surface area contributed by atoms with Gasteiger partial charge in [0, 0.05) is 0 Å². The van der Waals surface area contributed by atoms with Gasteiger partial charge in [-0.05, 0) is 6.42 Å². The minimum absolute atomic E-state index is 0.611. The van der Waals surface area contributed by atoms with Crippen LogP contribution in [0.15, 0.2) is 0 Å². The molecule has 3 heteroatoms. The third-order valence-electron chi connectivity index (χ3n) is 0.923. The Morgan fingerprint density at radius 1 is 1.38 bits per heavy atom. The summed E-state index contributed by atoms with van der Waals surface area (Å²) in [6.45, 7) is 1.22. The quantitative estimate of drug-likeness (QED) is 0.477. The molecule has 8 heavy (non-hydrogen) atoms.